The highest BCUT2D eigenvalue weighted by Gasteiger charge is 2.23. The summed E-state index contributed by atoms with van der Waals surface area (Å²) in [5.74, 6) is 0.602. The number of halogens is 1. The van der Waals surface area contributed by atoms with Gasteiger partial charge in [-0.3, -0.25) is 0 Å². The highest BCUT2D eigenvalue weighted by Crippen LogP contribution is 2.30. The smallest absolute Gasteiger partial charge is 0.123 e. The van der Waals surface area contributed by atoms with E-state index in [-0.39, 0.29) is 11.9 Å². The van der Waals surface area contributed by atoms with Crippen LogP contribution in [-0.4, -0.2) is 18.9 Å². The molecule has 0 aliphatic carbocycles. The summed E-state index contributed by atoms with van der Waals surface area (Å²) in [6, 6.07) is 12.9. The fraction of sp³-hybridized carbons (Fsp3) is 0.250. The van der Waals surface area contributed by atoms with Gasteiger partial charge in [-0.1, -0.05) is 12.1 Å². The lowest BCUT2D eigenvalue weighted by atomic mass is 10.1. The first-order valence-electron chi connectivity index (χ1n) is 6.58. The lowest BCUT2D eigenvalue weighted by molar-refractivity contribution is 0.246. The first kappa shape index (κ1) is 13.3. The summed E-state index contributed by atoms with van der Waals surface area (Å²) in [5.41, 5.74) is 2.07. The molecule has 104 valence electrons. The number of anilines is 1. The van der Waals surface area contributed by atoms with E-state index in [0.29, 0.717) is 6.54 Å². The van der Waals surface area contributed by atoms with Gasteiger partial charge in [0.1, 0.15) is 17.7 Å². The van der Waals surface area contributed by atoms with Crippen LogP contribution in [0.1, 0.15) is 5.56 Å². The number of para-hydroxylation sites is 1. The molecule has 0 amide bonds. The zero-order valence-corrected chi connectivity index (χ0v) is 12.0. The minimum atomic E-state index is -0.200. The number of hydrogen-bond acceptors (Lipinski definition) is 3. The number of nitrogens with one attached hydrogen (secondary N) is 1. The Morgan fingerprint density at radius 2 is 2.15 bits per heavy atom. The summed E-state index contributed by atoms with van der Waals surface area (Å²) in [6.07, 6.45) is 2.87. The first-order chi connectivity index (χ1) is 9.76. The molecule has 2 aromatic rings. The standard InChI is InChI=1S/C16H16FNOS/c1-20-16-5-3-2-4-14(16)18-10-13-9-11-8-12(17)6-7-15(11)19-13/h2-8,13,18H,9-10H2,1H3. The number of thioether (sulfide) groups is 1. The maximum atomic E-state index is 13.2. The molecule has 1 aliphatic heterocycles. The van der Waals surface area contributed by atoms with E-state index in [1.54, 1.807) is 23.9 Å². The van der Waals surface area contributed by atoms with Gasteiger partial charge in [-0.15, -0.1) is 11.8 Å². The summed E-state index contributed by atoms with van der Waals surface area (Å²) >= 11 is 1.71. The molecular formula is C16H16FNOS. The van der Waals surface area contributed by atoms with Crippen molar-refractivity contribution in [2.75, 3.05) is 18.1 Å². The number of fused-ring (bicyclic) bond motifs is 1. The van der Waals surface area contributed by atoms with Crippen LogP contribution in [0.25, 0.3) is 0 Å². The van der Waals surface area contributed by atoms with Gasteiger partial charge >= 0.3 is 0 Å². The third-order valence-electron chi connectivity index (χ3n) is 3.39. The summed E-state index contributed by atoms with van der Waals surface area (Å²) in [5, 5.41) is 3.42. The van der Waals surface area contributed by atoms with Gasteiger partial charge in [-0.25, -0.2) is 4.39 Å². The van der Waals surface area contributed by atoms with Gasteiger partial charge in [-0.2, -0.15) is 0 Å². The Morgan fingerprint density at radius 1 is 1.30 bits per heavy atom. The Bertz CT molecular complexity index is 617. The normalized spacial score (nSPS) is 16.6. The van der Waals surface area contributed by atoms with E-state index < -0.39 is 0 Å². The Balaban J connectivity index is 1.64. The van der Waals surface area contributed by atoms with Crippen LogP contribution in [0.5, 0.6) is 5.75 Å². The number of hydrogen-bond donors (Lipinski definition) is 1. The van der Waals surface area contributed by atoms with Crippen molar-refractivity contribution >= 4 is 17.4 Å². The molecule has 0 aromatic heterocycles. The van der Waals surface area contributed by atoms with E-state index in [9.17, 15) is 4.39 Å². The van der Waals surface area contributed by atoms with E-state index in [2.05, 4.69) is 23.7 Å². The topological polar surface area (TPSA) is 21.3 Å². The maximum absolute atomic E-state index is 13.2. The lowest BCUT2D eigenvalue weighted by Crippen LogP contribution is -2.24. The molecule has 0 fully saturated rings. The van der Waals surface area contributed by atoms with Gasteiger partial charge in [0.2, 0.25) is 0 Å². The van der Waals surface area contributed by atoms with Gasteiger partial charge < -0.3 is 10.1 Å². The maximum Gasteiger partial charge on any atom is 0.123 e. The van der Waals surface area contributed by atoms with Gasteiger partial charge in [0.15, 0.2) is 0 Å². The molecule has 1 aliphatic rings. The van der Waals surface area contributed by atoms with Gasteiger partial charge in [-0.05, 0) is 36.6 Å². The molecule has 1 unspecified atom stereocenters. The fourth-order valence-corrected chi connectivity index (χ4v) is 2.99. The molecule has 2 aromatic carbocycles. The third-order valence-corrected chi connectivity index (χ3v) is 4.19. The molecule has 0 bridgehead atoms. The van der Waals surface area contributed by atoms with Crippen LogP contribution in [0.3, 0.4) is 0 Å². The molecule has 2 nitrogen and oxygen atoms in total. The highest BCUT2D eigenvalue weighted by atomic mass is 32.2. The van der Waals surface area contributed by atoms with Crippen molar-refractivity contribution in [3.05, 3.63) is 53.8 Å². The number of rotatable bonds is 4. The second kappa shape index (κ2) is 5.75. The molecule has 1 atom stereocenters. The van der Waals surface area contributed by atoms with Crippen molar-refractivity contribution in [3.63, 3.8) is 0 Å². The molecular weight excluding hydrogens is 273 g/mol. The molecule has 0 saturated heterocycles. The van der Waals surface area contributed by atoms with E-state index in [1.165, 1.54) is 11.0 Å². The Hall–Kier alpha value is -1.68. The van der Waals surface area contributed by atoms with E-state index in [4.69, 9.17) is 4.74 Å². The van der Waals surface area contributed by atoms with Crippen molar-refractivity contribution < 1.29 is 9.13 Å². The van der Waals surface area contributed by atoms with Gasteiger partial charge in [0.05, 0.1) is 6.54 Å². The summed E-state index contributed by atoms with van der Waals surface area (Å²) in [4.78, 5) is 1.22. The predicted octanol–water partition coefficient (Wildman–Crippen LogP) is 3.96. The first-order valence-corrected chi connectivity index (χ1v) is 7.80. The number of benzene rings is 2. The monoisotopic (exact) mass is 289 g/mol. The quantitative estimate of drug-likeness (QED) is 0.861. The predicted molar refractivity (Wildman–Crippen MR) is 81.2 cm³/mol. The van der Waals surface area contributed by atoms with Crippen LogP contribution in [0, 0.1) is 5.82 Å². The molecule has 0 saturated carbocycles. The van der Waals surface area contributed by atoms with Crippen molar-refractivity contribution in [2.24, 2.45) is 0 Å². The zero-order valence-electron chi connectivity index (χ0n) is 11.2. The Morgan fingerprint density at radius 3 is 3.00 bits per heavy atom. The van der Waals surface area contributed by atoms with Crippen LogP contribution >= 0.6 is 11.8 Å². The highest BCUT2D eigenvalue weighted by molar-refractivity contribution is 7.98. The van der Waals surface area contributed by atoms with Crippen molar-refractivity contribution in [3.8, 4) is 5.75 Å². The van der Waals surface area contributed by atoms with Crippen LogP contribution in [0.4, 0.5) is 10.1 Å². The molecule has 0 radical (unpaired) electrons. The average molecular weight is 289 g/mol. The minimum Gasteiger partial charge on any atom is -0.488 e. The second-order valence-corrected chi connectivity index (χ2v) is 5.63. The molecule has 1 N–H and O–H groups in total. The fourth-order valence-electron chi connectivity index (χ4n) is 2.42. The summed E-state index contributed by atoms with van der Waals surface area (Å²) < 4.78 is 19.0. The number of ether oxygens (including phenoxy) is 1. The van der Waals surface area contributed by atoms with Crippen LogP contribution in [0.15, 0.2) is 47.4 Å². The Labute approximate surface area is 122 Å². The van der Waals surface area contributed by atoms with Gasteiger partial charge in [0, 0.05) is 22.6 Å². The van der Waals surface area contributed by atoms with Crippen LogP contribution in [0.2, 0.25) is 0 Å². The van der Waals surface area contributed by atoms with E-state index in [0.717, 1.165) is 23.4 Å². The average Bonchev–Trinajstić information content (AvgIpc) is 2.87. The molecule has 4 heteroatoms. The minimum absolute atomic E-state index is 0.0571. The largest absolute Gasteiger partial charge is 0.488 e. The van der Waals surface area contributed by atoms with E-state index in [1.807, 2.05) is 12.1 Å². The molecule has 3 rings (SSSR count). The molecule has 0 spiro atoms. The Kier molecular flexibility index (Phi) is 3.83. The van der Waals surface area contributed by atoms with Crippen molar-refractivity contribution in [2.45, 2.75) is 17.4 Å². The summed E-state index contributed by atoms with van der Waals surface area (Å²) in [7, 11) is 0. The molecule has 20 heavy (non-hydrogen) atoms. The molecule has 1 heterocycles. The summed E-state index contributed by atoms with van der Waals surface area (Å²) in [6.45, 7) is 0.716. The second-order valence-electron chi connectivity index (χ2n) is 4.78. The third kappa shape index (κ3) is 2.75. The zero-order chi connectivity index (χ0) is 13.9. The lowest BCUT2D eigenvalue weighted by Gasteiger charge is -2.14. The van der Waals surface area contributed by atoms with Gasteiger partial charge in [0.25, 0.3) is 0 Å². The van der Waals surface area contributed by atoms with Crippen LogP contribution in [-0.2, 0) is 6.42 Å². The van der Waals surface area contributed by atoms with Crippen molar-refractivity contribution in [1.29, 1.82) is 0 Å². The van der Waals surface area contributed by atoms with Crippen LogP contribution < -0.4 is 10.1 Å². The van der Waals surface area contributed by atoms with E-state index >= 15 is 0 Å². The van der Waals surface area contributed by atoms with Crippen molar-refractivity contribution in [1.82, 2.24) is 0 Å². The SMILES string of the molecule is CSc1ccccc1NCC1Cc2cc(F)ccc2O1.